The predicted molar refractivity (Wildman–Crippen MR) is 83.0 cm³/mol. The van der Waals surface area contributed by atoms with E-state index in [1.165, 1.54) is 4.88 Å². The number of thiophene rings is 1. The van der Waals surface area contributed by atoms with E-state index >= 15 is 0 Å². The predicted octanol–water partition coefficient (Wildman–Crippen LogP) is 4.69. The van der Waals surface area contributed by atoms with Gasteiger partial charge in [-0.2, -0.15) is 0 Å². The van der Waals surface area contributed by atoms with Crippen molar-refractivity contribution in [3.63, 3.8) is 0 Å². The molecule has 1 heterocycles. The summed E-state index contributed by atoms with van der Waals surface area (Å²) < 4.78 is 6.64. The molecule has 0 saturated carbocycles. The van der Waals surface area contributed by atoms with Crippen molar-refractivity contribution in [2.45, 2.75) is 26.4 Å². The summed E-state index contributed by atoms with van der Waals surface area (Å²) in [6.45, 7) is 4.81. The van der Waals surface area contributed by atoms with Crippen molar-refractivity contribution < 1.29 is 9.84 Å². The van der Waals surface area contributed by atoms with Gasteiger partial charge in [0.05, 0.1) is 6.61 Å². The van der Waals surface area contributed by atoms with Gasteiger partial charge >= 0.3 is 0 Å². The van der Waals surface area contributed by atoms with Crippen molar-refractivity contribution in [1.29, 1.82) is 0 Å². The summed E-state index contributed by atoms with van der Waals surface area (Å²) in [4.78, 5) is 2.12. The molecule has 1 aromatic heterocycles. The second-order valence-corrected chi connectivity index (χ2v) is 6.52. The van der Waals surface area contributed by atoms with Crippen LogP contribution in [0.5, 0.6) is 5.75 Å². The van der Waals surface area contributed by atoms with Gasteiger partial charge in [0, 0.05) is 14.2 Å². The molecule has 0 aliphatic heterocycles. The minimum absolute atomic E-state index is 0.597. The zero-order chi connectivity index (χ0) is 13.8. The molecule has 102 valence electrons. The van der Waals surface area contributed by atoms with E-state index in [0.717, 1.165) is 27.1 Å². The minimum atomic E-state index is -0.597. The normalized spacial score (nSPS) is 12.4. The van der Waals surface area contributed by atoms with Crippen LogP contribution < -0.4 is 4.74 Å². The Kier molecular flexibility index (Phi) is 5.02. The summed E-state index contributed by atoms with van der Waals surface area (Å²) in [5.74, 6) is 0.811. The molecule has 2 rings (SSSR count). The van der Waals surface area contributed by atoms with E-state index < -0.39 is 6.10 Å². The summed E-state index contributed by atoms with van der Waals surface area (Å²) in [6, 6.07) is 9.64. The Morgan fingerprint density at radius 1 is 1.37 bits per heavy atom. The highest BCUT2D eigenvalue weighted by Gasteiger charge is 2.15. The molecule has 1 unspecified atom stereocenters. The summed E-state index contributed by atoms with van der Waals surface area (Å²) in [5, 5.41) is 10.4. The Hall–Kier alpha value is -0.840. The number of aliphatic hydroxyl groups is 1. The van der Waals surface area contributed by atoms with E-state index in [-0.39, 0.29) is 0 Å². The third kappa shape index (κ3) is 3.59. The van der Waals surface area contributed by atoms with Crippen LogP contribution in [0.4, 0.5) is 0 Å². The van der Waals surface area contributed by atoms with Crippen molar-refractivity contribution in [3.05, 3.63) is 50.1 Å². The van der Waals surface area contributed by atoms with E-state index in [0.29, 0.717) is 6.61 Å². The van der Waals surface area contributed by atoms with Crippen molar-refractivity contribution in [1.82, 2.24) is 0 Å². The topological polar surface area (TPSA) is 29.5 Å². The van der Waals surface area contributed by atoms with Gasteiger partial charge in [-0.05, 0) is 53.0 Å². The molecule has 4 heteroatoms. The Balaban J connectivity index is 2.20. The third-order valence-corrected chi connectivity index (χ3v) is 4.98. The molecule has 0 aliphatic rings. The number of rotatable bonds is 5. The highest BCUT2D eigenvalue weighted by molar-refractivity contribution is 9.10. The second-order valence-electron chi connectivity index (χ2n) is 4.38. The molecule has 1 N–H and O–H groups in total. The summed E-state index contributed by atoms with van der Waals surface area (Å²) in [7, 11) is 0. The summed E-state index contributed by atoms with van der Waals surface area (Å²) in [5.41, 5.74) is 0.863. The lowest BCUT2D eigenvalue weighted by atomic mass is 10.1. The molecule has 0 radical (unpaired) electrons. The molecule has 1 atom stereocenters. The minimum Gasteiger partial charge on any atom is -0.494 e. The smallest absolute Gasteiger partial charge is 0.119 e. The van der Waals surface area contributed by atoms with Crippen LogP contribution in [0, 0.1) is 6.92 Å². The van der Waals surface area contributed by atoms with Crippen LogP contribution in [0.25, 0.3) is 0 Å². The van der Waals surface area contributed by atoms with Gasteiger partial charge < -0.3 is 9.84 Å². The van der Waals surface area contributed by atoms with Crippen molar-refractivity contribution in [2.75, 3.05) is 6.61 Å². The van der Waals surface area contributed by atoms with Crippen LogP contribution in [-0.2, 0) is 0 Å². The van der Waals surface area contributed by atoms with E-state index in [4.69, 9.17) is 4.74 Å². The molecular formula is C15H17BrO2S. The SMILES string of the molecule is CCCOc1cccc(C(O)c2cc(Br)c(C)s2)c1. The van der Waals surface area contributed by atoms with E-state index in [1.54, 1.807) is 11.3 Å². The number of aryl methyl sites for hydroxylation is 1. The van der Waals surface area contributed by atoms with Crippen LogP contribution >= 0.6 is 27.3 Å². The molecule has 2 aromatic rings. The van der Waals surface area contributed by atoms with Crippen LogP contribution in [0.15, 0.2) is 34.8 Å². The van der Waals surface area contributed by atoms with Gasteiger partial charge in [-0.15, -0.1) is 11.3 Å². The largest absolute Gasteiger partial charge is 0.494 e. The summed E-state index contributed by atoms with van der Waals surface area (Å²) >= 11 is 5.08. The number of aliphatic hydroxyl groups excluding tert-OH is 1. The van der Waals surface area contributed by atoms with Gasteiger partial charge in [-0.3, -0.25) is 0 Å². The average Bonchev–Trinajstić information content (AvgIpc) is 2.76. The Bertz CT molecular complexity index is 531. The van der Waals surface area contributed by atoms with Crippen LogP contribution in [0.2, 0.25) is 0 Å². The number of benzene rings is 1. The second kappa shape index (κ2) is 6.55. The molecule has 2 nitrogen and oxygen atoms in total. The van der Waals surface area contributed by atoms with Gasteiger partial charge in [0.2, 0.25) is 0 Å². The van der Waals surface area contributed by atoms with Gasteiger partial charge in [-0.1, -0.05) is 19.1 Å². The van der Waals surface area contributed by atoms with Gasteiger partial charge in [-0.25, -0.2) is 0 Å². The zero-order valence-electron chi connectivity index (χ0n) is 11.0. The number of ether oxygens (including phenoxy) is 1. The quantitative estimate of drug-likeness (QED) is 0.855. The van der Waals surface area contributed by atoms with Crippen molar-refractivity contribution in [3.8, 4) is 5.75 Å². The lowest BCUT2D eigenvalue weighted by Crippen LogP contribution is -1.99. The lowest BCUT2D eigenvalue weighted by molar-refractivity contribution is 0.223. The van der Waals surface area contributed by atoms with Crippen molar-refractivity contribution in [2.24, 2.45) is 0 Å². The fourth-order valence-electron chi connectivity index (χ4n) is 1.77. The molecular weight excluding hydrogens is 324 g/mol. The highest BCUT2D eigenvalue weighted by atomic mass is 79.9. The first kappa shape index (κ1) is 14.6. The first-order valence-electron chi connectivity index (χ1n) is 6.28. The van der Waals surface area contributed by atoms with Crippen LogP contribution in [-0.4, -0.2) is 11.7 Å². The van der Waals surface area contributed by atoms with E-state index in [1.807, 2.05) is 37.3 Å². The number of hydrogen-bond acceptors (Lipinski definition) is 3. The van der Waals surface area contributed by atoms with Crippen LogP contribution in [0.3, 0.4) is 0 Å². The molecule has 0 amide bonds. The maximum absolute atomic E-state index is 10.4. The Labute approximate surface area is 126 Å². The molecule has 0 saturated heterocycles. The number of hydrogen-bond donors (Lipinski definition) is 1. The monoisotopic (exact) mass is 340 g/mol. The van der Waals surface area contributed by atoms with Gasteiger partial charge in [0.15, 0.2) is 0 Å². The van der Waals surface area contributed by atoms with Gasteiger partial charge in [0.25, 0.3) is 0 Å². The third-order valence-electron chi connectivity index (χ3n) is 2.79. The molecule has 1 aromatic carbocycles. The molecule has 0 fully saturated rings. The van der Waals surface area contributed by atoms with Crippen LogP contribution in [0.1, 0.15) is 34.8 Å². The molecule has 0 bridgehead atoms. The average molecular weight is 341 g/mol. The Morgan fingerprint density at radius 3 is 2.79 bits per heavy atom. The maximum atomic E-state index is 10.4. The fourth-order valence-corrected chi connectivity index (χ4v) is 3.35. The lowest BCUT2D eigenvalue weighted by Gasteiger charge is -2.11. The highest BCUT2D eigenvalue weighted by Crippen LogP contribution is 2.34. The first-order chi connectivity index (χ1) is 9.11. The van der Waals surface area contributed by atoms with E-state index in [9.17, 15) is 5.11 Å². The zero-order valence-corrected chi connectivity index (χ0v) is 13.4. The standard InChI is InChI=1S/C15H17BrO2S/c1-3-7-18-12-6-4-5-11(8-12)15(17)14-9-13(16)10(2)19-14/h4-6,8-9,15,17H,3,7H2,1-2H3. The van der Waals surface area contributed by atoms with Gasteiger partial charge in [0.1, 0.15) is 11.9 Å². The molecule has 19 heavy (non-hydrogen) atoms. The summed E-state index contributed by atoms with van der Waals surface area (Å²) in [6.07, 6.45) is 0.379. The fraction of sp³-hybridized carbons (Fsp3) is 0.333. The molecule has 0 aliphatic carbocycles. The first-order valence-corrected chi connectivity index (χ1v) is 7.89. The Morgan fingerprint density at radius 2 is 2.16 bits per heavy atom. The maximum Gasteiger partial charge on any atom is 0.119 e. The molecule has 0 spiro atoms. The number of halogens is 1. The van der Waals surface area contributed by atoms with Crippen molar-refractivity contribution >= 4 is 27.3 Å². The van der Waals surface area contributed by atoms with E-state index in [2.05, 4.69) is 22.9 Å².